The second kappa shape index (κ2) is 2.34. The third kappa shape index (κ3) is 5.99. The summed E-state index contributed by atoms with van der Waals surface area (Å²) in [6.07, 6.45) is 1.51. The van der Waals surface area contributed by atoms with E-state index in [-0.39, 0.29) is 0 Å². The van der Waals surface area contributed by atoms with Gasteiger partial charge in [0.1, 0.15) is 0 Å². The van der Waals surface area contributed by atoms with Gasteiger partial charge < -0.3 is 5.11 Å². The Morgan fingerprint density at radius 2 is 2.00 bits per heavy atom. The predicted octanol–water partition coefficient (Wildman–Crippen LogP) is 1.51. The topological polar surface area (TPSA) is 20.2 Å². The smallest absolute Gasteiger partial charge is 0.0783 e. The molecule has 0 aliphatic heterocycles. The molecule has 0 rings (SSSR count). The van der Waals surface area contributed by atoms with Gasteiger partial charge in [0.2, 0.25) is 0 Å². The van der Waals surface area contributed by atoms with Crippen molar-refractivity contribution in [2.24, 2.45) is 0 Å². The fraction of sp³-hybridized carbons (Fsp3) is 0.600. The molecular formula is C5H9ClO. The average molecular weight is 121 g/mol. The third-order valence-electron chi connectivity index (χ3n) is 0.471. The molecule has 42 valence electrons. The van der Waals surface area contributed by atoms with Gasteiger partial charge in [-0.15, -0.1) is 0 Å². The summed E-state index contributed by atoms with van der Waals surface area (Å²) in [7, 11) is 0. The molecule has 2 heteroatoms. The minimum Gasteiger partial charge on any atom is -0.386 e. The summed E-state index contributed by atoms with van der Waals surface area (Å²) in [5.74, 6) is 0. The van der Waals surface area contributed by atoms with Crippen molar-refractivity contribution in [3.8, 4) is 0 Å². The number of rotatable bonds is 1. The third-order valence-corrected chi connectivity index (χ3v) is 0.597. The van der Waals surface area contributed by atoms with E-state index in [0.717, 1.165) is 0 Å². The summed E-state index contributed by atoms with van der Waals surface area (Å²) in [4.78, 5) is 0. The molecule has 0 heterocycles. The lowest BCUT2D eigenvalue weighted by atomic mass is 10.1. The van der Waals surface area contributed by atoms with Gasteiger partial charge in [-0.1, -0.05) is 11.6 Å². The van der Waals surface area contributed by atoms with Crippen LogP contribution in [-0.4, -0.2) is 10.7 Å². The first kappa shape index (κ1) is 6.99. The average Bonchev–Trinajstić information content (AvgIpc) is 1.30. The molecule has 0 amide bonds. The highest BCUT2D eigenvalue weighted by molar-refractivity contribution is 6.25. The van der Waals surface area contributed by atoms with Crippen molar-refractivity contribution in [2.75, 3.05) is 0 Å². The van der Waals surface area contributed by atoms with Crippen LogP contribution in [0.25, 0.3) is 0 Å². The molecule has 0 aliphatic carbocycles. The van der Waals surface area contributed by atoms with Crippen LogP contribution < -0.4 is 0 Å². The Balaban J connectivity index is 3.56. The Labute approximate surface area is 48.6 Å². The van der Waals surface area contributed by atoms with Gasteiger partial charge in [-0.05, 0) is 19.9 Å². The Bertz CT molecular complexity index is 70.6. The van der Waals surface area contributed by atoms with Gasteiger partial charge in [-0.25, -0.2) is 0 Å². The van der Waals surface area contributed by atoms with E-state index in [1.165, 1.54) is 11.6 Å². The van der Waals surface area contributed by atoms with Gasteiger partial charge in [-0.3, -0.25) is 0 Å². The van der Waals surface area contributed by atoms with Gasteiger partial charge in [0.25, 0.3) is 0 Å². The van der Waals surface area contributed by atoms with Crippen molar-refractivity contribution in [1.82, 2.24) is 0 Å². The Morgan fingerprint density at radius 1 is 1.57 bits per heavy atom. The molecule has 0 saturated carbocycles. The molecule has 0 aromatic carbocycles. The maximum Gasteiger partial charge on any atom is 0.0783 e. The molecule has 0 atom stereocenters. The van der Waals surface area contributed by atoms with Gasteiger partial charge in [0.05, 0.1) is 5.60 Å². The lowest BCUT2D eigenvalue weighted by Crippen LogP contribution is -2.12. The van der Waals surface area contributed by atoms with Crippen LogP contribution in [0.4, 0.5) is 0 Å². The molecule has 0 bridgehead atoms. The standard InChI is InChI=1S/C5H9ClO/c1-5(2,7)3-4-6/h3-4,7H,1-2H3/b4-3+. The SMILES string of the molecule is CC(C)(O)/C=C/Cl. The number of aliphatic hydroxyl groups is 1. The zero-order valence-electron chi connectivity index (χ0n) is 4.48. The van der Waals surface area contributed by atoms with Crippen LogP contribution in [0.5, 0.6) is 0 Å². The maximum absolute atomic E-state index is 8.85. The lowest BCUT2D eigenvalue weighted by molar-refractivity contribution is 0.133. The molecule has 0 aliphatic rings. The highest BCUT2D eigenvalue weighted by Gasteiger charge is 2.03. The first-order valence-corrected chi connectivity index (χ1v) is 2.50. The van der Waals surface area contributed by atoms with Gasteiger partial charge in [0.15, 0.2) is 0 Å². The van der Waals surface area contributed by atoms with Crippen molar-refractivity contribution < 1.29 is 5.11 Å². The van der Waals surface area contributed by atoms with Crippen LogP contribution in [-0.2, 0) is 0 Å². The van der Waals surface area contributed by atoms with E-state index in [0.29, 0.717) is 0 Å². The van der Waals surface area contributed by atoms with Crippen LogP contribution in [0.2, 0.25) is 0 Å². The van der Waals surface area contributed by atoms with Crippen molar-refractivity contribution in [3.05, 3.63) is 11.6 Å². The van der Waals surface area contributed by atoms with Crippen molar-refractivity contribution >= 4 is 11.6 Å². The fourth-order valence-electron chi connectivity index (χ4n) is 0.154. The van der Waals surface area contributed by atoms with Crippen LogP contribution in [0.15, 0.2) is 11.6 Å². The quantitative estimate of drug-likeness (QED) is 0.556. The van der Waals surface area contributed by atoms with E-state index in [2.05, 4.69) is 0 Å². The molecule has 1 nitrogen and oxygen atoms in total. The summed E-state index contributed by atoms with van der Waals surface area (Å²) in [5.41, 5.74) is 0.543. The summed E-state index contributed by atoms with van der Waals surface area (Å²) < 4.78 is 0. The summed E-state index contributed by atoms with van der Waals surface area (Å²) >= 11 is 5.15. The summed E-state index contributed by atoms with van der Waals surface area (Å²) in [6.45, 7) is 3.32. The molecule has 1 N–H and O–H groups in total. The predicted molar refractivity (Wildman–Crippen MR) is 31.3 cm³/mol. The van der Waals surface area contributed by atoms with Crippen LogP contribution in [0.1, 0.15) is 13.8 Å². The first-order chi connectivity index (χ1) is 3.06. The van der Waals surface area contributed by atoms with Crippen LogP contribution >= 0.6 is 11.6 Å². The molecular weight excluding hydrogens is 112 g/mol. The zero-order chi connectivity index (χ0) is 5.91. The molecule has 0 spiro atoms. The minimum atomic E-state index is -0.762. The second-order valence-electron chi connectivity index (χ2n) is 1.95. The van der Waals surface area contributed by atoms with Crippen molar-refractivity contribution in [2.45, 2.75) is 19.4 Å². The fourth-order valence-corrected chi connectivity index (χ4v) is 0.462. The van der Waals surface area contributed by atoms with E-state index < -0.39 is 5.60 Å². The highest BCUT2D eigenvalue weighted by Crippen LogP contribution is 2.02. The number of hydrogen-bond donors (Lipinski definition) is 1. The van der Waals surface area contributed by atoms with Crippen molar-refractivity contribution in [1.29, 1.82) is 0 Å². The zero-order valence-corrected chi connectivity index (χ0v) is 5.24. The molecule has 0 aromatic heterocycles. The lowest BCUT2D eigenvalue weighted by Gasteiger charge is -2.07. The van der Waals surface area contributed by atoms with E-state index >= 15 is 0 Å². The van der Waals surface area contributed by atoms with E-state index in [1.54, 1.807) is 13.8 Å². The molecule has 0 saturated heterocycles. The molecule has 0 unspecified atom stereocenters. The van der Waals surface area contributed by atoms with E-state index in [1.807, 2.05) is 0 Å². The minimum absolute atomic E-state index is 0.762. The highest BCUT2D eigenvalue weighted by atomic mass is 35.5. The summed E-state index contributed by atoms with van der Waals surface area (Å²) in [5, 5.41) is 8.85. The summed E-state index contributed by atoms with van der Waals surface area (Å²) in [6, 6.07) is 0. The molecule has 0 radical (unpaired) electrons. The first-order valence-electron chi connectivity index (χ1n) is 2.06. The van der Waals surface area contributed by atoms with Crippen LogP contribution in [0.3, 0.4) is 0 Å². The molecule has 0 aromatic rings. The normalized spacial score (nSPS) is 13.1. The monoisotopic (exact) mass is 120 g/mol. The number of hydrogen-bond acceptors (Lipinski definition) is 1. The van der Waals surface area contributed by atoms with Gasteiger partial charge in [-0.2, -0.15) is 0 Å². The largest absolute Gasteiger partial charge is 0.386 e. The Morgan fingerprint density at radius 3 is 2.00 bits per heavy atom. The van der Waals surface area contributed by atoms with Crippen LogP contribution in [0, 0.1) is 0 Å². The maximum atomic E-state index is 8.85. The van der Waals surface area contributed by atoms with E-state index in [4.69, 9.17) is 16.7 Å². The van der Waals surface area contributed by atoms with E-state index in [9.17, 15) is 0 Å². The Kier molecular flexibility index (Phi) is 2.33. The van der Waals surface area contributed by atoms with Gasteiger partial charge >= 0.3 is 0 Å². The molecule has 0 fully saturated rings. The van der Waals surface area contributed by atoms with Crippen molar-refractivity contribution in [3.63, 3.8) is 0 Å². The second-order valence-corrected chi connectivity index (χ2v) is 2.20. The number of halogens is 1. The molecule has 7 heavy (non-hydrogen) atoms. The Hall–Kier alpha value is -0.0100. The van der Waals surface area contributed by atoms with Gasteiger partial charge in [0, 0.05) is 5.54 Å².